The zero-order chi connectivity index (χ0) is 13.4. The maximum Gasteiger partial charge on any atom is 0.303 e. The maximum absolute atomic E-state index is 11.6. The van der Waals surface area contributed by atoms with E-state index in [2.05, 4.69) is 15.5 Å². The molecule has 0 saturated carbocycles. The largest absolute Gasteiger partial charge is 0.481 e. The average Bonchev–Trinajstić information content (AvgIpc) is 2.35. The quantitative estimate of drug-likeness (QED) is 0.543. The van der Waals surface area contributed by atoms with E-state index in [0.29, 0.717) is 25.6 Å². The zero-order valence-electron chi connectivity index (χ0n) is 10.9. The molecule has 6 nitrogen and oxygen atoms in total. The van der Waals surface area contributed by atoms with E-state index in [1.807, 2.05) is 7.05 Å². The fourth-order valence-electron chi connectivity index (χ4n) is 2.09. The highest BCUT2D eigenvalue weighted by Crippen LogP contribution is 2.07. The van der Waals surface area contributed by atoms with Gasteiger partial charge in [-0.05, 0) is 32.9 Å². The first-order chi connectivity index (χ1) is 8.59. The van der Waals surface area contributed by atoms with Gasteiger partial charge in [0.2, 0.25) is 5.91 Å². The van der Waals surface area contributed by atoms with E-state index in [0.717, 1.165) is 25.9 Å². The second-order valence-corrected chi connectivity index (χ2v) is 4.76. The predicted octanol–water partition coefficient (Wildman–Crippen LogP) is -0.349. The minimum atomic E-state index is -0.824. The number of amides is 1. The summed E-state index contributed by atoms with van der Waals surface area (Å²) in [5.74, 6) is -0.858. The van der Waals surface area contributed by atoms with Gasteiger partial charge in [-0.25, -0.2) is 0 Å². The number of aliphatic carboxylic acids is 1. The van der Waals surface area contributed by atoms with Crippen LogP contribution in [0.15, 0.2) is 0 Å². The van der Waals surface area contributed by atoms with Crippen molar-refractivity contribution in [3.05, 3.63) is 0 Å². The molecule has 0 aromatic heterocycles. The SMILES string of the molecule is CN(CC(=O)NCCCC(=O)O)C1CCCNC1. The fourth-order valence-corrected chi connectivity index (χ4v) is 2.09. The second-order valence-electron chi connectivity index (χ2n) is 4.76. The number of nitrogens with zero attached hydrogens (tertiary/aromatic N) is 1. The summed E-state index contributed by atoms with van der Waals surface area (Å²) in [7, 11) is 1.95. The number of rotatable bonds is 7. The third-order valence-electron chi connectivity index (χ3n) is 3.18. The Morgan fingerprint density at radius 3 is 2.89 bits per heavy atom. The first-order valence-electron chi connectivity index (χ1n) is 6.49. The molecule has 1 aliphatic heterocycles. The molecule has 0 spiro atoms. The number of carbonyl (C=O) groups excluding carboxylic acids is 1. The van der Waals surface area contributed by atoms with Gasteiger partial charge in [0.1, 0.15) is 0 Å². The predicted molar refractivity (Wildman–Crippen MR) is 68.4 cm³/mol. The van der Waals surface area contributed by atoms with E-state index in [9.17, 15) is 9.59 Å². The highest BCUT2D eigenvalue weighted by Gasteiger charge is 2.19. The Labute approximate surface area is 108 Å². The van der Waals surface area contributed by atoms with Crippen molar-refractivity contribution in [3.63, 3.8) is 0 Å². The van der Waals surface area contributed by atoms with Crippen LogP contribution in [-0.4, -0.2) is 61.2 Å². The molecule has 1 saturated heterocycles. The minimum absolute atomic E-state index is 0.0338. The normalized spacial score (nSPS) is 19.8. The average molecular weight is 257 g/mol. The molecule has 1 heterocycles. The van der Waals surface area contributed by atoms with Crippen molar-refractivity contribution < 1.29 is 14.7 Å². The van der Waals surface area contributed by atoms with E-state index in [1.54, 1.807) is 0 Å². The Morgan fingerprint density at radius 2 is 2.28 bits per heavy atom. The number of carboxylic acids is 1. The molecule has 1 rings (SSSR count). The number of hydrogen-bond acceptors (Lipinski definition) is 4. The monoisotopic (exact) mass is 257 g/mol. The Morgan fingerprint density at radius 1 is 1.50 bits per heavy atom. The number of hydrogen-bond donors (Lipinski definition) is 3. The lowest BCUT2D eigenvalue weighted by molar-refractivity contribution is -0.137. The lowest BCUT2D eigenvalue weighted by Crippen LogP contribution is -2.47. The van der Waals surface area contributed by atoms with Gasteiger partial charge in [-0.2, -0.15) is 0 Å². The van der Waals surface area contributed by atoms with Crippen molar-refractivity contribution in [3.8, 4) is 0 Å². The summed E-state index contributed by atoms with van der Waals surface area (Å²) in [6, 6.07) is 0.420. The summed E-state index contributed by atoms with van der Waals surface area (Å²) < 4.78 is 0. The van der Waals surface area contributed by atoms with Gasteiger partial charge < -0.3 is 15.7 Å². The van der Waals surface area contributed by atoms with E-state index in [1.165, 1.54) is 0 Å². The number of nitrogens with one attached hydrogen (secondary N) is 2. The molecule has 3 N–H and O–H groups in total. The van der Waals surface area contributed by atoms with Crippen molar-refractivity contribution in [1.29, 1.82) is 0 Å². The molecule has 6 heteroatoms. The first-order valence-corrected chi connectivity index (χ1v) is 6.49. The molecule has 1 atom stereocenters. The maximum atomic E-state index is 11.6. The highest BCUT2D eigenvalue weighted by molar-refractivity contribution is 5.78. The summed E-state index contributed by atoms with van der Waals surface area (Å²) in [4.78, 5) is 24.0. The van der Waals surface area contributed by atoms with Crippen LogP contribution in [0, 0.1) is 0 Å². The lowest BCUT2D eigenvalue weighted by Gasteiger charge is -2.31. The van der Waals surface area contributed by atoms with Crippen LogP contribution in [0.25, 0.3) is 0 Å². The van der Waals surface area contributed by atoms with E-state index < -0.39 is 5.97 Å². The Hall–Kier alpha value is -1.14. The van der Waals surface area contributed by atoms with E-state index in [-0.39, 0.29) is 12.3 Å². The molecule has 0 aromatic rings. The second kappa shape index (κ2) is 8.05. The van der Waals surface area contributed by atoms with Gasteiger partial charge in [-0.3, -0.25) is 14.5 Å². The van der Waals surface area contributed by atoms with Gasteiger partial charge in [0.05, 0.1) is 6.54 Å². The third-order valence-corrected chi connectivity index (χ3v) is 3.18. The Bertz CT molecular complexity index is 278. The molecule has 1 amide bonds. The summed E-state index contributed by atoms with van der Waals surface area (Å²) in [5, 5.41) is 14.5. The van der Waals surface area contributed by atoms with Crippen LogP contribution in [0.1, 0.15) is 25.7 Å². The van der Waals surface area contributed by atoms with Gasteiger partial charge in [0, 0.05) is 25.6 Å². The molecular formula is C12H23N3O3. The van der Waals surface area contributed by atoms with Gasteiger partial charge in [0.25, 0.3) is 0 Å². The molecule has 18 heavy (non-hydrogen) atoms. The Balaban J connectivity index is 2.12. The van der Waals surface area contributed by atoms with Crippen molar-refractivity contribution >= 4 is 11.9 Å². The van der Waals surface area contributed by atoms with Crippen molar-refractivity contribution in [2.24, 2.45) is 0 Å². The van der Waals surface area contributed by atoms with Crippen LogP contribution in [0.2, 0.25) is 0 Å². The number of carboxylic acid groups (broad SMARTS) is 1. The lowest BCUT2D eigenvalue weighted by atomic mass is 10.1. The summed E-state index contributed by atoms with van der Waals surface area (Å²) >= 11 is 0. The zero-order valence-corrected chi connectivity index (χ0v) is 10.9. The standard InChI is InChI=1S/C12H23N3O3/c1-15(10-4-2-6-13-8-10)9-11(16)14-7-3-5-12(17)18/h10,13H,2-9H2,1H3,(H,14,16)(H,17,18). The van der Waals surface area contributed by atoms with E-state index in [4.69, 9.17) is 5.11 Å². The van der Waals surface area contributed by atoms with Crippen LogP contribution in [0.4, 0.5) is 0 Å². The first kappa shape index (κ1) is 14.9. The third kappa shape index (κ3) is 5.97. The van der Waals surface area contributed by atoms with Crippen LogP contribution >= 0.6 is 0 Å². The van der Waals surface area contributed by atoms with Crippen molar-refractivity contribution in [2.45, 2.75) is 31.7 Å². The van der Waals surface area contributed by atoms with Gasteiger partial charge in [-0.15, -0.1) is 0 Å². The number of piperidine rings is 1. The smallest absolute Gasteiger partial charge is 0.303 e. The molecule has 104 valence electrons. The van der Waals surface area contributed by atoms with Gasteiger partial charge >= 0.3 is 5.97 Å². The highest BCUT2D eigenvalue weighted by atomic mass is 16.4. The van der Waals surface area contributed by atoms with Crippen LogP contribution in [-0.2, 0) is 9.59 Å². The summed E-state index contributed by atoms with van der Waals surface area (Å²) in [6.45, 7) is 2.80. The van der Waals surface area contributed by atoms with Crippen LogP contribution < -0.4 is 10.6 Å². The summed E-state index contributed by atoms with van der Waals surface area (Å²) in [6.07, 6.45) is 2.85. The molecule has 0 aliphatic carbocycles. The topological polar surface area (TPSA) is 81.7 Å². The van der Waals surface area contributed by atoms with Gasteiger partial charge in [-0.1, -0.05) is 0 Å². The molecule has 0 aromatic carbocycles. The molecule has 0 bridgehead atoms. The number of carbonyl (C=O) groups is 2. The molecule has 1 unspecified atom stereocenters. The molecule has 1 fully saturated rings. The van der Waals surface area contributed by atoms with Crippen molar-refractivity contribution in [1.82, 2.24) is 15.5 Å². The van der Waals surface area contributed by atoms with Crippen molar-refractivity contribution in [2.75, 3.05) is 33.2 Å². The number of likely N-dealkylation sites (N-methyl/N-ethyl adjacent to an activating group) is 1. The van der Waals surface area contributed by atoms with Crippen LogP contribution in [0.5, 0.6) is 0 Å². The summed E-state index contributed by atoms with van der Waals surface area (Å²) in [5.41, 5.74) is 0. The van der Waals surface area contributed by atoms with Gasteiger partial charge in [0.15, 0.2) is 0 Å². The van der Waals surface area contributed by atoms with E-state index >= 15 is 0 Å². The molecular weight excluding hydrogens is 234 g/mol. The molecule has 0 radical (unpaired) electrons. The Kier molecular flexibility index (Phi) is 6.67. The molecule has 1 aliphatic rings. The van der Waals surface area contributed by atoms with Crippen LogP contribution in [0.3, 0.4) is 0 Å². The minimum Gasteiger partial charge on any atom is -0.481 e. The fraction of sp³-hybridized carbons (Fsp3) is 0.833.